The number of aromatic nitrogens is 4. The summed E-state index contributed by atoms with van der Waals surface area (Å²) < 4.78 is 9.62. The Balaban J connectivity index is 1.21. The number of hydrogen-bond donors (Lipinski definition) is 0. The van der Waals surface area contributed by atoms with Crippen LogP contribution in [-0.2, 0) is 0 Å². The highest BCUT2D eigenvalue weighted by Gasteiger charge is 2.26. The van der Waals surface area contributed by atoms with Gasteiger partial charge >= 0.3 is 0 Å². The molecule has 0 aliphatic rings. The lowest BCUT2D eigenvalue weighted by atomic mass is 10.0. The molecule has 0 N–H and O–H groups in total. The van der Waals surface area contributed by atoms with Crippen LogP contribution in [0.1, 0.15) is 0 Å². The van der Waals surface area contributed by atoms with E-state index in [9.17, 15) is 0 Å². The largest absolute Gasteiger partial charge is 0.455 e. The predicted octanol–water partition coefficient (Wildman–Crippen LogP) is 14.5. The van der Waals surface area contributed by atoms with Gasteiger partial charge in [0.2, 0.25) is 0 Å². The number of fused-ring (bicyclic) bond motifs is 12. The van der Waals surface area contributed by atoms with Crippen molar-refractivity contribution in [2.75, 3.05) is 0 Å². The number of nitrogens with zero attached hydrogens (tertiary/aromatic N) is 4. The molecule has 0 unspecified atom stereocenters. The standard InChI is InChI=1S/C55H32N4O/c1-2-15-36(16-3-1)53-56-54(40-23-22-33-12-4-5-17-37(33)30-40)58-55(57-53)49-47(29-28-45-44-27-25-35-14-9-11-21-42(35)51(44)60-52(45)49)59-48-32-39-19-7-6-18-38(39)31-46(48)43-26-24-34-13-8-10-20-41(34)50(43)59/h1-32H. The zero-order valence-corrected chi connectivity index (χ0v) is 32.2. The zero-order chi connectivity index (χ0) is 39.3. The van der Waals surface area contributed by atoms with Gasteiger partial charge in [-0.3, -0.25) is 0 Å². The fourth-order valence-corrected chi connectivity index (χ4v) is 9.33. The summed E-state index contributed by atoms with van der Waals surface area (Å²) in [5, 5.41) is 13.5. The van der Waals surface area contributed by atoms with E-state index in [1.165, 1.54) is 26.9 Å². The van der Waals surface area contributed by atoms with Gasteiger partial charge in [-0.1, -0.05) is 158 Å². The van der Waals surface area contributed by atoms with Crippen LogP contribution in [0.4, 0.5) is 0 Å². The molecule has 0 aliphatic carbocycles. The van der Waals surface area contributed by atoms with Crippen LogP contribution >= 0.6 is 0 Å². The number of furan rings is 1. The summed E-state index contributed by atoms with van der Waals surface area (Å²) >= 11 is 0. The number of rotatable bonds is 4. The summed E-state index contributed by atoms with van der Waals surface area (Å²) in [5.74, 6) is 1.71. The van der Waals surface area contributed by atoms with Crippen LogP contribution in [0.25, 0.3) is 127 Å². The normalized spacial score (nSPS) is 12.0. The third-order valence-corrected chi connectivity index (χ3v) is 12.2. The first-order valence-corrected chi connectivity index (χ1v) is 20.3. The van der Waals surface area contributed by atoms with Crippen molar-refractivity contribution in [1.29, 1.82) is 0 Å². The van der Waals surface area contributed by atoms with Crippen LogP contribution in [0.3, 0.4) is 0 Å². The van der Waals surface area contributed by atoms with E-state index in [1.807, 2.05) is 18.2 Å². The number of benzene rings is 10. The van der Waals surface area contributed by atoms with E-state index < -0.39 is 0 Å². The van der Waals surface area contributed by atoms with Gasteiger partial charge in [-0.15, -0.1) is 0 Å². The van der Waals surface area contributed by atoms with Crippen molar-refractivity contribution in [3.63, 3.8) is 0 Å². The van der Waals surface area contributed by atoms with Crippen molar-refractivity contribution in [3.8, 4) is 39.9 Å². The second-order valence-electron chi connectivity index (χ2n) is 15.6. The summed E-state index contributed by atoms with van der Waals surface area (Å²) in [6, 6.07) is 68.6. The van der Waals surface area contributed by atoms with Crippen LogP contribution < -0.4 is 0 Å². The number of hydrogen-bond acceptors (Lipinski definition) is 4. The Morgan fingerprint density at radius 3 is 1.67 bits per heavy atom. The molecule has 0 radical (unpaired) electrons. The lowest BCUT2D eigenvalue weighted by Crippen LogP contribution is -2.04. The smallest absolute Gasteiger partial charge is 0.170 e. The molecular weight excluding hydrogens is 733 g/mol. The molecule has 0 amide bonds. The van der Waals surface area contributed by atoms with Gasteiger partial charge in [-0.25, -0.2) is 15.0 Å². The van der Waals surface area contributed by atoms with Crippen molar-refractivity contribution < 1.29 is 4.42 Å². The molecule has 278 valence electrons. The highest BCUT2D eigenvalue weighted by Crippen LogP contribution is 2.45. The maximum absolute atomic E-state index is 7.21. The topological polar surface area (TPSA) is 56.7 Å². The van der Waals surface area contributed by atoms with Gasteiger partial charge in [0.15, 0.2) is 17.5 Å². The summed E-state index contributed by atoms with van der Waals surface area (Å²) in [6.07, 6.45) is 0. The summed E-state index contributed by atoms with van der Waals surface area (Å²) in [7, 11) is 0. The van der Waals surface area contributed by atoms with Gasteiger partial charge in [0.25, 0.3) is 0 Å². The molecule has 3 aromatic heterocycles. The Hall–Kier alpha value is -8.15. The predicted molar refractivity (Wildman–Crippen MR) is 248 cm³/mol. The molecule has 0 fully saturated rings. The van der Waals surface area contributed by atoms with Crippen LogP contribution in [0, 0.1) is 0 Å². The second kappa shape index (κ2) is 12.7. The Morgan fingerprint density at radius 2 is 0.883 bits per heavy atom. The van der Waals surface area contributed by atoms with Crippen molar-refractivity contribution in [2.45, 2.75) is 0 Å². The average molecular weight is 765 g/mol. The molecule has 0 bridgehead atoms. The fraction of sp³-hybridized carbons (Fsp3) is 0. The molecule has 60 heavy (non-hydrogen) atoms. The third kappa shape index (κ3) is 4.90. The Kier molecular flexibility index (Phi) is 6.95. The van der Waals surface area contributed by atoms with Gasteiger partial charge in [0.05, 0.1) is 22.3 Å². The van der Waals surface area contributed by atoms with E-state index in [2.05, 4.69) is 180 Å². The van der Waals surface area contributed by atoms with Crippen LogP contribution in [-0.4, -0.2) is 19.5 Å². The molecule has 10 aromatic carbocycles. The molecule has 0 aliphatic heterocycles. The monoisotopic (exact) mass is 764 g/mol. The minimum atomic E-state index is 0.534. The molecule has 0 spiro atoms. The summed E-state index contributed by atoms with van der Waals surface area (Å²) in [6.45, 7) is 0. The summed E-state index contributed by atoms with van der Waals surface area (Å²) in [5.41, 5.74) is 7.32. The van der Waals surface area contributed by atoms with Gasteiger partial charge in [0.1, 0.15) is 11.2 Å². The average Bonchev–Trinajstić information content (AvgIpc) is 3.86. The first kappa shape index (κ1) is 32.9. The highest BCUT2D eigenvalue weighted by atomic mass is 16.3. The van der Waals surface area contributed by atoms with Crippen LogP contribution in [0.15, 0.2) is 199 Å². The van der Waals surface area contributed by atoms with E-state index in [0.717, 1.165) is 82.3 Å². The van der Waals surface area contributed by atoms with Crippen molar-refractivity contribution >= 4 is 86.8 Å². The lowest BCUT2D eigenvalue weighted by molar-refractivity contribution is 0.673. The van der Waals surface area contributed by atoms with E-state index in [-0.39, 0.29) is 0 Å². The van der Waals surface area contributed by atoms with Gasteiger partial charge < -0.3 is 8.98 Å². The SMILES string of the molecule is c1ccc(-c2nc(-c3ccc4ccccc4c3)nc(-c3c(-n4c5cc6ccccc6cc5c5ccc6ccccc6c54)ccc4c3oc3c5ccccc5ccc43)n2)cc1. The molecule has 0 saturated carbocycles. The highest BCUT2D eigenvalue weighted by molar-refractivity contribution is 6.22. The van der Waals surface area contributed by atoms with E-state index in [0.29, 0.717) is 17.5 Å². The second-order valence-corrected chi connectivity index (χ2v) is 15.6. The molecule has 3 heterocycles. The van der Waals surface area contributed by atoms with Crippen molar-refractivity contribution in [1.82, 2.24) is 19.5 Å². The Bertz CT molecular complexity index is 3900. The first-order chi connectivity index (χ1) is 29.7. The van der Waals surface area contributed by atoms with Crippen LogP contribution in [0.5, 0.6) is 0 Å². The third-order valence-electron chi connectivity index (χ3n) is 12.2. The quantitative estimate of drug-likeness (QED) is 0.179. The van der Waals surface area contributed by atoms with E-state index >= 15 is 0 Å². The van der Waals surface area contributed by atoms with Crippen molar-refractivity contribution in [2.24, 2.45) is 0 Å². The maximum atomic E-state index is 7.21. The van der Waals surface area contributed by atoms with Gasteiger partial charge in [-0.05, 0) is 68.7 Å². The summed E-state index contributed by atoms with van der Waals surface area (Å²) in [4.78, 5) is 16.0. The van der Waals surface area contributed by atoms with E-state index in [4.69, 9.17) is 19.4 Å². The Morgan fingerprint density at radius 1 is 0.333 bits per heavy atom. The lowest BCUT2D eigenvalue weighted by Gasteiger charge is -2.16. The van der Waals surface area contributed by atoms with E-state index in [1.54, 1.807) is 0 Å². The molecule has 5 nitrogen and oxygen atoms in total. The molecule has 0 saturated heterocycles. The molecule has 13 aromatic rings. The molecule has 0 atom stereocenters. The van der Waals surface area contributed by atoms with Crippen molar-refractivity contribution in [3.05, 3.63) is 194 Å². The maximum Gasteiger partial charge on any atom is 0.170 e. The zero-order valence-electron chi connectivity index (χ0n) is 32.2. The fourth-order valence-electron chi connectivity index (χ4n) is 9.33. The first-order valence-electron chi connectivity index (χ1n) is 20.3. The van der Waals surface area contributed by atoms with Gasteiger partial charge in [0, 0.05) is 43.4 Å². The molecular formula is C55H32N4O. The van der Waals surface area contributed by atoms with Crippen LogP contribution in [0.2, 0.25) is 0 Å². The molecule has 13 rings (SSSR count). The molecule has 5 heteroatoms. The van der Waals surface area contributed by atoms with Gasteiger partial charge in [-0.2, -0.15) is 0 Å². The minimum absolute atomic E-state index is 0.534. The minimum Gasteiger partial charge on any atom is -0.455 e. The Labute approximate surface area is 343 Å².